The number of benzene rings is 1. The van der Waals surface area contributed by atoms with Gasteiger partial charge in [-0.3, -0.25) is 0 Å². The van der Waals surface area contributed by atoms with E-state index in [9.17, 15) is 13.3 Å². The van der Waals surface area contributed by atoms with E-state index < -0.39 is 33.8 Å². The van der Waals surface area contributed by atoms with Crippen molar-refractivity contribution in [2.45, 2.75) is 38.0 Å². The van der Waals surface area contributed by atoms with Crippen molar-refractivity contribution in [1.82, 2.24) is 9.71 Å². The summed E-state index contributed by atoms with van der Waals surface area (Å²) in [4.78, 5) is 4.43. The number of nitrogens with one attached hydrogen (secondary N) is 1. The summed E-state index contributed by atoms with van der Waals surface area (Å²) in [5.41, 5.74) is 1.06. The second-order valence-electron chi connectivity index (χ2n) is 6.53. The molecule has 0 amide bonds. The average molecular weight is 496 g/mol. The van der Waals surface area contributed by atoms with E-state index in [-0.39, 0.29) is 6.42 Å². The molecule has 1 N–H and O–H groups in total. The molecule has 0 bridgehead atoms. The van der Waals surface area contributed by atoms with E-state index in [2.05, 4.69) is 41.6 Å². The first kappa shape index (κ1) is 20.8. The molecule has 0 radical (unpaired) electrons. The molecule has 1 heterocycles. The zero-order valence-corrected chi connectivity index (χ0v) is 17.9. The molecule has 25 heavy (non-hydrogen) atoms. The van der Waals surface area contributed by atoms with Crippen molar-refractivity contribution in [3.8, 4) is 0 Å². The quantitative estimate of drug-likeness (QED) is 0.457. The van der Waals surface area contributed by atoms with E-state index in [0.717, 1.165) is 10.5 Å². The summed E-state index contributed by atoms with van der Waals surface area (Å²) in [5, 5.41) is 0. The molecule has 2 aromatic rings. The molecular weight excluding hydrogens is 478 g/mol. The highest BCUT2D eigenvalue weighted by molar-refractivity contribution is 9.11. The van der Waals surface area contributed by atoms with Crippen LogP contribution in [-0.2, 0) is 17.8 Å². The third kappa shape index (κ3) is 5.99. The maximum absolute atomic E-state index is 13.5. The van der Waals surface area contributed by atoms with Gasteiger partial charge >= 0.3 is 0 Å². The van der Waals surface area contributed by atoms with E-state index in [1.807, 2.05) is 26.8 Å². The van der Waals surface area contributed by atoms with Gasteiger partial charge in [-0.25, -0.2) is 13.8 Å². The fourth-order valence-electron chi connectivity index (χ4n) is 2.14. The van der Waals surface area contributed by atoms with Crippen molar-refractivity contribution >= 4 is 43.2 Å². The fraction of sp³-hybridized carbons (Fsp3) is 0.353. The van der Waals surface area contributed by atoms with E-state index in [0.29, 0.717) is 15.9 Å². The van der Waals surface area contributed by atoms with Crippen LogP contribution in [0.5, 0.6) is 0 Å². The lowest BCUT2D eigenvalue weighted by Gasteiger charge is -2.28. The highest BCUT2D eigenvalue weighted by Gasteiger charge is 2.31. The predicted molar refractivity (Wildman–Crippen MR) is 103 cm³/mol. The molecule has 1 aromatic heterocycles. The Bertz CT molecular complexity index is 736. The van der Waals surface area contributed by atoms with Crippen molar-refractivity contribution in [1.29, 1.82) is 0 Å². The molecule has 1 unspecified atom stereocenters. The van der Waals surface area contributed by atoms with Crippen LogP contribution in [0, 0.1) is 11.6 Å². The molecule has 0 saturated carbocycles. The first-order valence-corrected chi connectivity index (χ1v) is 10.2. The predicted octanol–water partition coefficient (Wildman–Crippen LogP) is 5.22. The Kier molecular flexibility index (Phi) is 7.01. The van der Waals surface area contributed by atoms with Crippen LogP contribution in [0.15, 0.2) is 39.4 Å². The number of hydrogen-bond acceptors (Lipinski definition) is 3. The van der Waals surface area contributed by atoms with Crippen molar-refractivity contribution in [2.75, 3.05) is 0 Å². The van der Waals surface area contributed by atoms with E-state index in [4.69, 9.17) is 0 Å². The van der Waals surface area contributed by atoms with Crippen LogP contribution in [0.4, 0.5) is 8.78 Å². The molecule has 3 nitrogen and oxygen atoms in total. The average Bonchev–Trinajstić information content (AvgIpc) is 2.47. The summed E-state index contributed by atoms with van der Waals surface area (Å²) in [6, 6.07) is 6.45. The van der Waals surface area contributed by atoms with Gasteiger partial charge in [-0.15, -0.1) is 4.72 Å². The molecule has 8 heteroatoms. The molecule has 136 valence electrons. The summed E-state index contributed by atoms with van der Waals surface area (Å²) < 4.78 is 43.5. The van der Waals surface area contributed by atoms with Crippen LogP contribution in [-0.4, -0.2) is 14.3 Å². The Balaban J connectivity index is 2.39. The van der Waals surface area contributed by atoms with Gasteiger partial charge in [-0.1, -0.05) is 0 Å². The van der Waals surface area contributed by atoms with Gasteiger partial charge in [0, 0.05) is 21.9 Å². The molecule has 0 spiro atoms. The van der Waals surface area contributed by atoms with Crippen LogP contribution < -0.4 is 4.72 Å². The van der Waals surface area contributed by atoms with Crippen molar-refractivity contribution in [2.24, 2.45) is 0 Å². The Labute approximate surface area is 166 Å². The molecule has 0 fully saturated rings. The van der Waals surface area contributed by atoms with Gasteiger partial charge in [-0.05, 0) is 88.9 Å². The van der Waals surface area contributed by atoms with Crippen molar-refractivity contribution in [3.63, 3.8) is 0 Å². The molecule has 0 aliphatic carbocycles. The third-order valence-corrected chi connectivity index (χ3v) is 6.06. The lowest BCUT2D eigenvalue weighted by molar-refractivity contribution is 0.516. The molecule has 0 saturated heterocycles. The molecule has 2 rings (SSSR count). The summed E-state index contributed by atoms with van der Waals surface area (Å²) in [5.74, 6) is -1.29. The van der Waals surface area contributed by atoms with Crippen molar-refractivity contribution in [3.05, 3.63) is 62.3 Å². The summed E-state index contributed by atoms with van der Waals surface area (Å²) in [6.45, 7) is 5.54. The maximum atomic E-state index is 13.5. The number of nitrogens with zero attached hydrogens (tertiary/aromatic N) is 1. The number of rotatable bonds is 5. The second-order valence-corrected chi connectivity index (χ2v) is 10.2. The first-order valence-electron chi connectivity index (χ1n) is 7.51. The van der Waals surface area contributed by atoms with Gasteiger partial charge in [0.2, 0.25) is 0 Å². The van der Waals surface area contributed by atoms with Crippen LogP contribution in [0.3, 0.4) is 0 Å². The normalized spacial score (nSPS) is 14.4. The summed E-state index contributed by atoms with van der Waals surface area (Å²) in [6.07, 6.45) is 0.235. The second kappa shape index (κ2) is 8.43. The third-order valence-electron chi connectivity index (χ3n) is 3.34. The van der Waals surface area contributed by atoms with Gasteiger partial charge in [0.15, 0.2) is 0 Å². The minimum Gasteiger partial charge on any atom is -0.598 e. The van der Waals surface area contributed by atoms with E-state index >= 15 is 0 Å². The zero-order chi connectivity index (χ0) is 18.8. The van der Waals surface area contributed by atoms with E-state index in [1.165, 1.54) is 12.1 Å². The SMILES string of the molecule is CC(C)(C)[S+]([O-])N[C@@H](Cc1cc(F)cc(F)c1)c1nc(Br)ccc1Br. The number of pyridine rings is 1. The minimum absolute atomic E-state index is 0.235. The van der Waals surface area contributed by atoms with Gasteiger partial charge in [0.05, 0.1) is 11.7 Å². The number of hydrogen-bond donors (Lipinski definition) is 1. The van der Waals surface area contributed by atoms with Crippen molar-refractivity contribution < 1.29 is 13.3 Å². The van der Waals surface area contributed by atoms with E-state index in [1.54, 1.807) is 6.07 Å². The zero-order valence-electron chi connectivity index (χ0n) is 13.9. The Morgan fingerprint density at radius 2 is 1.76 bits per heavy atom. The Hall–Kier alpha value is -0.540. The monoisotopic (exact) mass is 494 g/mol. The molecule has 0 aliphatic rings. The van der Waals surface area contributed by atoms with Gasteiger partial charge in [0.25, 0.3) is 0 Å². The van der Waals surface area contributed by atoms with Gasteiger partial charge < -0.3 is 4.55 Å². The lowest BCUT2D eigenvalue weighted by atomic mass is 10.0. The molecular formula is C17H18Br2F2N2OS. The van der Waals surface area contributed by atoms with Crippen LogP contribution in [0.1, 0.15) is 38.1 Å². The van der Waals surface area contributed by atoms with Crippen LogP contribution >= 0.6 is 31.9 Å². The number of halogens is 4. The minimum atomic E-state index is -1.38. The molecule has 1 aromatic carbocycles. The highest BCUT2D eigenvalue weighted by atomic mass is 79.9. The molecule has 2 atom stereocenters. The lowest BCUT2D eigenvalue weighted by Crippen LogP contribution is -2.42. The summed E-state index contributed by atoms with van der Waals surface area (Å²) >= 11 is 5.39. The Morgan fingerprint density at radius 1 is 1.16 bits per heavy atom. The fourth-order valence-corrected chi connectivity index (χ4v) is 3.77. The Morgan fingerprint density at radius 3 is 2.32 bits per heavy atom. The van der Waals surface area contributed by atoms with Gasteiger partial charge in [0.1, 0.15) is 21.0 Å². The molecule has 0 aliphatic heterocycles. The first-order chi connectivity index (χ1) is 11.6. The smallest absolute Gasteiger partial charge is 0.136 e. The van der Waals surface area contributed by atoms with Crippen LogP contribution in [0.2, 0.25) is 0 Å². The largest absolute Gasteiger partial charge is 0.598 e. The number of aromatic nitrogens is 1. The topological polar surface area (TPSA) is 48.0 Å². The highest BCUT2D eigenvalue weighted by Crippen LogP contribution is 2.29. The standard InChI is InChI=1S/C17H18Br2F2N2OS/c1-17(2,3)25(24)23-14(16-13(18)4-5-15(19)22-16)8-10-6-11(20)9-12(21)7-10/h4-7,9,14,23H,8H2,1-3H3/t14-,25?/m0/s1. The van der Waals surface area contributed by atoms with Crippen LogP contribution in [0.25, 0.3) is 0 Å². The van der Waals surface area contributed by atoms with Gasteiger partial charge in [-0.2, -0.15) is 0 Å². The summed E-state index contributed by atoms with van der Waals surface area (Å²) in [7, 11) is 0. The maximum Gasteiger partial charge on any atom is 0.136 e.